The minimum absolute atomic E-state index is 0.0194. The zero-order valence-corrected chi connectivity index (χ0v) is 16.1. The number of nitrogens with two attached hydrogens (primary N) is 1. The van der Waals surface area contributed by atoms with E-state index in [-0.39, 0.29) is 27.4 Å². The van der Waals surface area contributed by atoms with Gasteiger partial charge in [-0.3, -0.25) is 4.79 Å². The summed E-state index contributed by atoms with van der Waals surface area (Å²) in [4.78, 5) is 16.7. The molecule has 1 atom stereocenters. The Morgan fingerprint density at radius 3 is 2.86 bits per heavy atom. The van der Waals surface area contributed by atoms with Crippen molar-refractivity contribution in [2.24, 2.45) is 7.05 Å². The lowest BCUT2D eigenvalue weighted by Gasteiger charge is -2.13. The van der Waals surface area contributed by atoms with Gasteiger partial charge < -0.3 is 20.5 Å². The van der Waals surface area contributed by atoms with Crippen molar-refractivity contribution in [2.45, 2.75) is 12.5 Å². The van der Waals surface area contributed by atoms with Crippen LogP contribution in [0.5, 0.6) is 5.88 Å². The Kier molecular flexibility index (Phi) is 5.16. The zero-order valence-electron chi connectivity index (χ0n) is 15.3. The Balaban J connectivity index is 1.58. The predicted molar refractivity (Wildman–Crippen MR) is 103 cm³/mol. The average molecular weight is 421 g/mol. The fourth-order valence-corrected chi connectivity index (χ4v) is 3.78. The van der Waals surface area contributed by atoms with E-state index in [9.17, 15) is 13.6 Å². The Hall–Kier alpha value is -3.05. The molecule has 3 heterocycles. The van der Waals surface area contributed by atoms with E-state index in [0.29, 0.717) is 24.8 Å². The molecule has 152 valence electrons. The molecule has 0 saturated carbocycles. The molecule has 1 aromatic carbocycles. The maximum atomic E-state index is 14.0. The molecule has 8 nitrogen and oxygen atoms in total. The van der Waals surface area contributed by atoms with E-state index < -0.39 is 17.5 Å². The van der Waals surface area contributed by atoms with E-state index in [1.54, 1.807) is 7.05 Å². The number of carbonyl (C=O) groups is 1. The number of benzene rings is 1. The lowest BCUT2D eigenvalue weighted by molar-refractivity contribution is 0.102. The van der Waals surface area contributed by atoms with Crippen molar-refractivity contribution < 1.29 is 23.0 Å². The van der Waals surface area contributed by atoms with Gasteiger partial charge in [0.05, 0.1) is 25.0 Å². The molecule has 3 aromatic rings. The minimum Gasteiger partial charge on any atom is -0.471 e. The normalized spacial score (nSPS) is 16.2. The molecule has 1 amide bonds. The van der Waals surface area contributed by atoms with Crippen molar-refractivity contribution >= 4 is 27.9 Å². The summed E-state index contributed by atoms with van der Waals surface area (Å²) in [5.41, 5.74) is 5.76. The van der Waals surface area contributed by atoms with Crippen LogP contribution in [0.2, 0.25) is 0 Å². The van der Waals surface area contributed by atoms with Crippen molar-refractivity contribution in [1.29, 1.82) is 0 Å². The molecular weight excluding hydrogens is 404 g/mol. The van der Waals surface area contributed by atoms with Gasteiger partial charge in [-0.2, -0.15) is 5.10 Å². The van der Waals surface area contributed by atoms with E-state index >= 15 is 0 Å². The SMILES string of the molecule is Cn1ncc(NC(=O)c2nc(-c3c(F)cccc3F)sc2N)c1O[C@@H]1CCOC1. The van der Waals surface area contributed by atoms with Gasteiger partial charge in [0.1, 0.15) is 33.4 Å². The van der Waals surface area contributed by atoms with E-state index in [1.807, 2.05) is 0 Å². The maximum absolute atomic E-state index is 14.0. The number of carbonyl (C=O) groups excluding carboxylic acids is 1. The molecule has 29 heavy (non-hydrogen) atoms. The number of amides is 1. The summed E-state index contributed by atoms with van der Waals surface area (Å²) in [6.45, 7) is 1.06. The molecule has 1 aliphatic heterocycles. The molecule has 1 saturated heterocycles. The van der Waals surface area contributed by atoms with E-state index in [2.05, 4.69) is 15.4 Å². The van der Waals surface area contributed by atoms with Crippen LogP contribution in [0.4, 0.5) is 19.5 Å². The summed E-state index contributed by atoms with van der Waals surface area (Å²) in [6.07, 6.45) is 2.03. The summed E-state index contributed by atoms with van der Waals surface area (Å²) >= 11 is 0.827. The number of aromatic nitrogens is 3. The summed E-state index contributed by atoms with van der Waals surface area (Å²) in [5, 5.41) is 6.75. The Morgan fingerprint density at radius 1 is 1.41 bits per heavy atom. The molecule has 2 aromatic heterocycles. The van der Waals surface area contributed by atoms with Gasteiger partial charge in [0.25, 0.3) is 5.91 Å². The number of nitrogens with one attached hydrogen (secondary N) is 1. The van der Waals surface area contributed by atoms with Crippen LogP contribution in [0.3, 0.4) is 0 Å². The van der Waals surface area contributed by atoms with Crippen LogP contribution in [-0.2, 0) is 11.8 Å². The second-order valence-electron chi connectivity index (χ2n) is 6.37. The number of hydrogen-bond acceptors (Lipinski definition) is 7. The highest BCUT2D eigenvalue weighted by Crippen LogP contribution is 2.34. The molecule has 0 unspecified atom stereocenters. The number of anilines is 2. The fourth-order valence-electron chi connectivity index (χ4n) is 2.90. The van der Waals surface area contributed by atoms with Crippen LogP contribution in [0.15, 0.2) is 24.4 Å². The molecule has 3 N–H and O–H groups in total. The van der Waals surface area contributed by atoms with E-state index in [0.717, 1.165) is 29.9 Å². The van der Waals surface area contributed by atoms with Gasteiger partial charge in [-0.15, -0.1) is 0 Å². The summed E-state index contributed by atoms with van der Waals surface area (Å²) < 4.78 is 40.7. The zero-order chi connectivity index (χ0) is 20.5. The first kappa shape index (κ1) is 19.3. The third kappa shape index (κ3) is 3.78. The van der Waals surface area contributed by atoms with Gasteiger partial charge in [0, 0.05) is 13.5 Å². The Labute approximate surface area is 168 Å². The van der Waals surface area contributed by atoms with Gasteiger partial charge in [0.2, 0.25) is 5.88 Å². The average Bonchev–Trinajstić information content (AvgIpc) is 3.39. The Morgan fingerprint density at radius 2 is 2.17 bits per heavy atom. The molecule has 4 rings (SSSR count). The first-order chi connectivity index (χ1) is 13.9. The second-order valence-corrected chi connectivity index (χ2v) is 7.40. The van der Waals surface area contributed by atoms with Crippen molar-refractivity contribution in [2.75, 3.05) is 24.3 Å². The number of ether oxygens (including phenoxy) is 2. The van der Waals surface area contributed by atoms with E-state index in [4.69, 9.17) is 15.2 Å². The van der Waals surface area contributed by atoms with Crippen molar-refractivity contribution in [1.82, 2.24) is 14.8 Å². The lowest BCUT2D eigenvalue weighted by Crippen LogP contribution is -2.20. The number of halogens is 2. The van der Waals surface area contributed by atoms with Crippen molar-refractivity contribution in [3.05, 3.63) is 41.7 Å². The van der Waals surface area contributed by atoms with Crippen molar-refractivity contribution in [3.8, 4) is 16.5 Å². The number of nitrogens with zero attached hydrogens (tertiary/aromatic N) is 3. The third-order valence-corrected chi connectivity index (χ3v) is 5.25. The Bertz CT molecular complexity index is 1040. The standard InChI is InChI=1S/C18H17F2N5O3S/c1-25-18(28-9-5-6-27-8-9)12(7-22-25)23-16(26)14-15(21)29-17(24-14)13-10(19)3-2-4-11(13)20/h2-4,7,9H,5-6,8,21H2,1H3,(H,23,26)/t9-/m1/s1. The number of nitrogen functional groups attached to an aromatic ring is 1. The first-order valence-electron chi connectivity index (χ1n) is 8.72. The molecule has 0 spiro atoms. The number of aryl methyl sites for hydroxylation is 1. The topological polar surface area (TPSA) is 104 Å². The first-order valence-corrected chi connectivity index (χ1v) is 9.54. The van der Waals surface area contributed by atoms with Crippen LogP contribution < -0.4 is 15.8 Å². The van der Waals surface area contributed by atoms with E-state index in [1.165, 1.54) is 16.9 Å². The molecule has 0 radical (unpaired) electrons. The third-order valence-electron chi connectivity index (χ3n) is 4.34. The predicted octanol–water partition coefficient (Wildman–Crippen LogP) is 2.82. The lowest BCUT2D eigenvalue weighted by atomic mass is 10.2. The number of hydrogen-bond donors (Lipinski definition) is 2. The molecule has 1 fully saturated rings. The molecular formula is C18H17F2N5O3S. The quantitative estimate of drug-likeness (QED) is 0.657. The maximum Gasteiger partial charge on any atom is 0.277 e. The molecule has 0 aliphatic carbocycles. The van der Waals surface area contributed by atoms with Crippen molar-refractivity contribution in [3.63, 3.8) is 0 Å². The minimum atomic E-state index is -0.785. The van der Waals surface area contributed by atoms with Crippen LogP contribution in [0.1, 0.15) is 16.9 Å². The van der Waals surface area contributed by atoms with Gasteiger partial charge in [-0.25, -0.2) is 18.4 Å². The van der Waals surface area contributed by atoms with Gasteiger partial charge in [0.15, 0.2) is 5.69 Å². The van der Waals surface area contributed by atoms with Crippen LogP contribution in [0, 0.1) is 11.6 Å². The van der Waals surface area contributed by atoms with Crippen LogP contribution in [0.25, 0.3) is 10.6 Å². The smallest absolute Gasteiger partial charge is 0.277 e. The molecule has 0 bridgehead atoms. The highest BCUT2D eigenvalue weighted by molar-refractivity contribution is 7.19. The molecule has 11 heteroatoms. The number of thiazole rings is 1. The summed E-state index contributed by atoms with van der Waals surface area (Å²) in [5.74, 6) is -1.84. The van der Waals surface area contributed by atoms with Gasteiger partial charge in [-0.05, 0) is 12.1 Å². The van der Waals surface area contributed by atoms with Gasteiger partial charge >= 0.3 is 0 Å². The monoisotopic (exact) mass is 421 g/mol. The second kappa shape index (κ2) is 7.76. The van der Waals surface area contributed by atoms with Gasteiger partial charge in [-0.1, -0.05) is 17.4 Å². The molecule has 1 aliphatic rings. The number of rotatable bonds is 5. The largest absolute Gasteiger partial charge is 0.471 e. The van der Waals surface area contributed by atoms with Crippen LogP contribution >= 0.6 is 11.3 Å². The highest BCUT2D eigenvalue weighted by atomic mass is 32.1. The fraction of sp³-hybridized carbons (Fsp3) is 0.278. The van der Waals surface area contributed by atoms with Crippen LogP contribution in [-0.4, -0.2) is 40.0 Å². The highest BCUT2D eigenvalue weighted by Gasteiger charge is 2.25. The summed E-state index contributed by atoms with van der Waals surface area (Å²) in [6, 6.07) is 3.47. The summed E-state index contributed by atoms with van der Waals surface area (Å²) in [7, 11) is 1.68.